The molecule has 1 aliphatic heterocycles. The fourth-order valence-corrected chi connectivity index (χ4v) is 4.76. The van der Waals surface area contributed by atoms with Crippen LogP contribution in [0.3, 0.4) is 0 Å². The predicted octanol–water partition coefficient (Wildman–Crippen LogP) is 4.12. The van der Waals surface area contributed by atoms with Crippen molar-refractivity contribution in [2.75, 3.05) is 11.4 Å². The molecule has 1 aromatic rings. The first kappa shape index (κ1) is 20.4. The van der Waals surface area contributed by atoms with Crippen LogP contribution in [0.25, 0.3) is 0 Å². The number of aliphatic carboxylic acids is 1. The van der Waals surface area contributed by atoms with Gasteiger partial charge in [-0.2, -0.15) is 5.10 Å². The van der Waals surface area contributed by atoms with Gasteiger partial charge in [0, 0.05) is 34.0 Å². The van der Waals surface area contributed by atoms with Crippen LogP contribution in [0.2, 0.25) is 0 Å². The number of nitrogens with two attached hydrogens (primary N) is 1. The highest BCUT2D eigenvalue weighted by molar-refractivity contribution is 7.17. The molecule has 0 spiro atoms. The molecule has 0 fully saturated rings. The van der Waals surface area contributed by atoms with Gasteiger partial charge in [0.2, 0.25) is 0 Å². The third-order valence-corrected chi connectivity index (χ3v) is 6.36. The van der Waals surface area contributed by atoms with Crippen LogP contribution in [0.1, 0.15) is 35.8 Å². The first-order valence-corrected chi connectivity index (χ1v) is 10.2. The SMILES string of the molecule is CCN1/C(=N\N)[C@H](CC(=O)O)N=C(C2=CC=C(Cl)CC=C2)c2c1sc(C)c2C. The fourth-order valence-electron chi connectivity index (χ4n) is 3.38. The van der Waals surface area contributed by atoms with E-state index in [4.69, 9.17) is 22.4 Å². The molecule has 3 rings (SSSR count). The van der Waals surface area contributed by atoms with Crippen LogP contribution in [-0.2, 0) is 4.79 Å². The Morgan fingerprint density at radius 2 is 2.21 bits per heavy atom. The Balaban J connectivity index is 2.30. The second-order valence-electron chi connectivity index (χ2n) is 6.63. The molecular formula is C20H23ClN4O2S. The third kappa shape index (κ3) is 3.77. The van der Waals surface area contributed by atoms with Crippen molar-refractivity contribution >= 4 is 45.5 Å². The van der Waals surface area contributed by atoms with Crippen LogP contribution in [0.5, 0.6) is 0 Å². The summed E-state index contributed by atoms with van der Waals surface area (Å²) in [5, 5.41) is 15.1. The van der Waals surface area contributed by atoms with Gasteiger partial charge in [-0.3, -0.25) is 9.79 Å². The Morgan fingerprint density at radius 1 is 1.46 bits per heavy atom. The number of hydrogen-bond acceptors (Lipinski definition) is 5. The van der Waals surface area contributed by atoms with Gasteiger partial charge in [-0.05, 0) is 32.4 Å². The molecule has 0 unspecified atom stereocenters. The third-order valence-electron chi connectivity index (χ3n) is 4.85. The second-order valence-corrected chi connectivity index (χ2v) is 8.32. The maximum atomic E-state index is 11.5. The van der Waals surface area contributed by atoms with Gasteiger partial charge in [-0.25, -0.2) is 0 Å². The molecule has 6 nitrogen and oxygen atoms in total. The molecular weight excluding hydrogens is 396 g/mol. The zero-order chi connectivity index (χ0) is 20.4. The van der Waals surface area contributed by atoms with Gasteiger partial charge >= 0.3 is 5.97 Å². The van der Waals surface area contributed by atoms with E-state index in [0.29, 0.717) is 18.8 Å². The van der Waals surface area contributed by atoms with E-state index in [1.807, 2.05) is 36.1 Å². The largest absolute Gasteiger partial charge is 0.481 e. The number of carbonyl (C=O) groups is 1. The molecule has 3 N–H and O–H groups in total. The monoisotopic (exact) mass is 418 g/mol. The number of allylic oxidation sites excluding steroid dienone is 6. The average Bonchev–Trinajstić information content (AvgIpc) is 2.80. The second kappa shape index (κ2) is 8.32. The van der Waals surface area contributed by atoms with Crippen LogP contribution in [0.4, 0.5) is 5.00 Å². The number of hydrazone groups is 1. The van der Waals surface area contributed by atoms with Gasteiger partial charge in [-0.1, -0.05) is 29.8 Å². The summed E-state index contributed by atoms with van der Waals surface area (Å²) in [6.45, 7) is 6.74. The molecule has 0 bridgehead atoms. The molecule has 0 saturated carbocycles. The van der Waals surface area contributed by atoms with Crippen LogP contribution < -0.4 is 10.7 Å². The zero-order valence-corrected chi connectivity index (χ0v) is 17.6. The van der Waals surface area contributed by atoms with E-state index < -0.39 is 12.0 Å². The van der Waals surface area contributed by atoms with Crippen molar-refractivity contribution in [1.82, 2.24) is 0 Å². The fraction of sp³-hybridized carbons (Fsp3) is 0.350. The number of fused-ring (bicyclic) bond motifs is 1. The molecule has 1 aromatic heterocycles. The summed E-state index contributed by atoms with van der Waals surface area (Å²) in [4.78, 5) is 19.5. The highest BCUT2D eigenvalue weighted by atomic mass is 35.5. The Hall–Kier alpha value is -2.38. The molecule has 2 aliphatic rings. The molecule has 1 atom stereocenters. The van der Waals surface area contributed by atoms with Crippen LogP contribution in [0, 0.1) is 13.8 Å². The number of hydrogen-bond donors (Lipinski definition) is 2. The van der Waals surface area contributed by atoms with Gasteiger partial charge < -0.3 is 15.8 Å². The number of aryl methyl sites for hydroxylation is 1. The maximum Gasteiger partial charge on any atom is 0.306 e. The minimum absolute atomic E-state index is 0.184. The van der Waals surface area contributed by atoms with Gasteiger partial charge in [0.15, 0.2) is 5.84 Å². The van der Waals surface area contributed by atoms with Gasteiger partial charge in [0.25, 0.3) is 0 Å². The zero-order valence-electron chi connectivity index (χ0n) is 16.1. The Kier molecular flexibility index (Phi) is 6.05. The Bertz CT molecular complexity index is 956. The van der Waals surface area contributed by atoms with Crippen molar-refractivity contribution in [1.29, 1.82) is 0 Å². The molecule has 0 amide bonds. The summed E-state index contributed by atoms with van der Waals surface area (Å²) < 4.78 is 0. The number of thiophene rings is 1. The summed E-state index contributed by atoms with van der Waals surface area (Å²) in [6.07, 6.45) is 8.23. The lowest BCUT2D eigenvalue weighted by atomic mass is 9.99. The van der Waals surface area contributed by atoms with Crippen molar-refractivity contribution in [3.63, 3.8) is 0 Å². The minimum Gasteiger partial charge on any atom is -0.481 e. The van der Waals surface area contributed by atoms with Crippen molar-refractivity contribution in [2.24, 2.45) is 15.9 Å². The highest BCUT2D eigenvalue weighted by Gasteiger charge is 2.34. The van der Waals surface area contributed by atoms with E-state index in [9.17, 15) is 9.90 Å². The lowest BCUT2D eigenvalue weighted by molar-refractivity contribution is -0.137. The smallest absolute Gasteiger partial charge is 0.306 e. The van der Waals surface area contributed by atoms with Crippen molar-refractivity contribution in [2.45, 2.75) is 39.7 Å². The first-order valence-electron chi connectivity index (χ1n) is 9.05. The van der Waals surface area contributed by atoms with Crippen LogP contribution in [0.15, 0.2) is 45.0 Å². The Labute approximate surface area is 173 Å². The van der Waals surface area contributed by atoms with E-state index in [2.05, 4.69) is 18.9 Å². The summed E-state index contributed by atoms with van der Waals surface area (Å²) in [6, 6.07) is -0.672. The quantitative estimate of drug-likeness (QED) is 0.568. The molecule has 2 heterocycles. The number of nitrogens with zero attached hydrogens (tertiary/aromatic N) is 3. The van der Waals surface area contributed by atoms with Crippen molar-refractivity contribution in [3.8, 4) is 0 Å². The summed E-state index contributed by atoms with van der Waals surface area (Å²) in [7, 11) is 0. The Morgan fingerprint density at radius 3 is 2.86 bits per heavy atom. The van der Waals surface area contributed by atoms with E-state index in [1.165, 1.54) is 4.88 Å². The average molecular weight is 419 g/mol. The predicted molar refractivity (Wildman–Crippen MR) is 117 cm³/mol. The lowest BCUT2D eigenvalue weighted by Crippen LogP contribution is -2.39. The maximum absolute atomic E-state index is 11.5. The molecule has 28 heavy (non-hydrogen) atoms. The molecule has 148 valence electrons. The van der Waals surface area contributed by atoms with E-state index in [1.54, 1.807) is 11.3 Å². The molecule has 0 saturated heterocycles. The summed E-state index contributed by atoms with van der Waals surface area (Å²) in [5.41, 5.74) is 3.76. The normalized spacial score (nSPS) is 20.9. The number of carboxylic acid groups (broad SMARTS) is 1. The number of aliphatic imine (C=N–C) groups is 1. The van der Waals surface area contributed by atoms with Crippen LogP contribution >= 0.6 is 22.9 Å². The number of carboxylic acids is 1. The summed E-state index contributed by atoms with van der Waals surface area (Å²) in [5.74, 6) is 5.23. The molecule has 0 radical (unpaired) electrons. The number of rotatable bonds is 4. The lowest BCUT2D eigenvalue weighted by Gasteiger charge is -2.24. The van der Waals surface area contributed by atoms with Gasteiger partial charge in [0.05, 0.1) is 12.1 Å². The van der Waals surface area contributed by atoms with Crippen molar-refractivity contribution in [3.05, 3.63) is 50.9 Å². The van der Waals surface area contributed by atoms with E-state index in [-0.39, 0.29) is 6.42 Å². The highest BCUT2D eigenvalue weighted by Crippen LogP contribution is 2.40. The number of amidine groups is 1. The summed E-state index contributed by atoms with van der Waals surface area (Å²) >= 11 is 7.83. The van der Waals surface area contributed by atoms with Crippen LogP contribution in [-0.4, -0.2) is 35.2 Å². The number of halogens is 1. The molecule has 1 aliphatic carbocycles. The molecule has 8 heteroatoms. The van der Waals surface area contributed by atoms with E-state index >= 15 is 0 Å². The number of likely N-dealkylation sites (N-methyl/N-ethyl adjacent to an activating group) is 1. The van der Waals surface area contributed by atoms with Gasteiger partial charge in [-0.15, -0.1) is 11.3 Å². The molecule has 0 aromatic carbocycles. The number of anilines is 1. The van der Waals surface area contributed by atoms with Gasteiger partial charge in [0.1, 0.15) is 11.0 Å². The van der Waals surface area contributed by atoms with E-state index in [0.717, 1.165) is 32.4 Å². The standard InChI is InChI=1S/C20H23ClN4O2S/c1-4-25-19(24-22)15(10-16(26)27)23-18(13-6-5-7-14(21)9-8-13)17-11(2)12(3)28-20(17)25/h5-6,8-9,15H,4,7,10,22H2,1-3H3,(H,26,27)/b24-19-/t15-/m0/s1. The minimum atomic E-state index is -0.947. The topological polar surface area (TPSA) is 91.3 Å². The first-order chi connectivity index (χ1) is 13.4. The van der Waals surface area contributed by atoms with Crippen molar-refractivity contribution < 1.29 is 9.90 Å².